The summed E-state index contributed by atoms with van der Waals surface area (Å²) in [6.07, 6.45) is -1.18. The predicted molar refractivity (Wildman–Crippen MR) is 98.4 cm³/mol. The zero-order chi connectivity index (χ0) is 20.1. The van der Waals surface area contributed by atoms with Crippen LogP contribution in [0.4, 0.5) is 11.4 Å². The van der Waals surface area contributed by atoms with Gasteiger partial charge in [-0.3, -0.25) is 19.7 Å². The van der Waals surface area contributed by atoms with Gasteiger partial charge in [0.05, 0.1) is 11.3 Å². The molecule has 3 rings (SSSR count). The Hall–Kier alpha value is -3.62. The molecule has 146 valence electrons. The van der Waals surface area contributed by atoms with E-state index in [0.717, 1.165) is 0 Å². The first-order valence-corrected chi connectivity index (χ1v) is 8.56. The Labute approximate surface area is 160 Å². The van der Waals surface area contributed by atoms with Crippen LogP contribution >= 0.6 is 0 Å². The van der Waals surface area contributed by atoms with Crippen LogP contribution in [0, 0.1) is 10.1 Å². The van der Waals surface area contributed by atoms with E-state index in [4.69, 9.17) is 14.2 Å². The zero-order valence-electron chi connectivity index (χ0n) is 15.0. The molecular weight excluding hydrogens is 368 g/mol. The number of amides is 1. The van der Waals surface area contributed by atoms with E-state index < -0.39 is 22.9 Å². The van der Waals surface area contributed by atoms with Gasteiger partial charge < -0.3 is 19.5 Å². The SMILES string of the molecule is C[C@@H](OC(=O)Cc1ccc2c(c1)OCCO2)C(=O)Nc1ccccc1[N+](=O)[O-]. The highest BCUT2D eigenvalue weighted by Gasteiger charge is 2.22. The summed E-state index contributed by atoms with van der Waals surface area (Å²) in [5, 5.41) is 13.4. The number of ether oxygens (including phenoxy) is 3. The van der Waals surface area contributed by atoms with E-state index in [0.29, 0.717) is 30.3 Å². The minimum absolute atomic E-state index is 0.0345. The number of esters is 1. The quantitative estimate of drug-likeness (QED) is 0.460. The lowest BCUT2D eigenvalue weighted by Gasteiger charge is -2.19. The predicted octanol–water partition coefficient (Wildman–Crippen LogP) is 2.48. The third kappa shape index (κ3) is 4.56. The molecule has 1 amide bonds. The second-order valence-electron chi connectivity index (χ2n) is 6.05. The molecule has 0 fully saturated rings. The van der Waals surface area contributed by atoms with Gasteiger partial charge in [-0.05, 0) is 30.7 Å². The topological polar surface area (TPSA) is 117 Å². The van der Waals surface area contributed by atoms with Gasteiger partial charge in [-0.2, -0.15) is 0 Å². The summed E-state index contributed by atoms with van der Waals surface area (Å²) >= 11 is 0. The second-order valence-corrected chi connectivity index (χ2v) is 6.05. The van der Waals surface area contributed by atoms with Crippen LogP contribution in [0.15, 0.2) is 42.5 Å². The lowest BCUT2D eigenvalue weighted by molar-refractivity contribution is -0.383. The van der Waals surface area contributed by atoms with Crippen molar-refractivity contribution in [2.45, 2.75) is 19.4 Å². The second kappa shape index (κ2) is 8.38. The van der Waals surface area contributed by atoms with Crippen LogP contribution in [0.5, 0.6) is 11.5 Å². The van der Waals surface area contributed by atoms with Gasteiger partial charge in [0, 0.05) is 6.07 Å². The lowest BCUT2D eigenvalue weighted by Crippen LogP contribution is -2.30. The first kappa shape index (κ1) is 19.2. The number of hydrogen-bond donors (Lipinski definition) is 1. The summed E-state index contributed by atoms with van der Waals surface area (Å²) in [6.45, 7) is 2.30. The fourth-order valence-electron chi connectivity index (χ4n) is 2.63. The molecule has 1 aliphatic rings. The molecule has 0 bridgehead atoms. The van der Waals surface area contributed by atoms with E-state index in [1.807, 2.05) is 0 Å². The number of carbonyl (C=O) groups excluding carboxylic acids is 2. The Morgan fingerprint density at radius 1 is 1.18 bits per heavy atom. The Morgan fingerprint density at radius 2 is 1.89 bits per heavy atom. The fourth-order valence-corrected chi connectivity index (χ4v) is 2.63. The number of hydrogen-bond acceptors (Lipinski definition) is 7. The molecule has 0 spiro atoms. The molecule has 1 aliphatic heterocycles. The van der Waals surface area contributed by atoms with E-state index in [2.05, 4.69) is 5.32 Å². The van der Waals surface area contributed by atoms with Crippen LogP contribution in [0.2, 0.25) is 0 Å². The molecule has 9 nitrogen and oxygen atoms in total. The molecule has 2 aromatic rings. The van der Waals surface area contributed by atoms with Gasteiger partial charge in [-0.25, -0.2) is 0 Å². The highest BCUT2D eigenvalue weighted by Crippen LogP contribution is 2.31. The molecule has 0 aliphatic carbocycles. The number of nitrogens with zero attached hydrogens (tertiary/aromatic N) is 1. The minimum atomic E-state index is -1.12. The molecule has 0 saturated carbocycles. The Morgan fingerprint density at radius 3 is 2.64 bits per heavy atom. The van der Waals surface area contributed by atoms with Crippen molar-refractivity contribution in [3.8, 4) is 11.5 Å². The van der Waals surface area contributed by atoms with Gasteiger partial charge in [-0.1, -0.05) is 18.2 Å². The molecule has 0 aromatic heterocycles. The molecular formula is C19H18N2O7. The lowest BCUT2D eigenvalue weighted by atomic mass is 10.1. The van der Waals surface area contributed by atoms with Crippen molar-refractivity contribution in [1.82, 2.24) is 0 Å². The van der Waals surface area contributed by atoms with E-state index in [-0.39, 0.29) is 17.8 Å². The largest absolute Gasteiger partial charge is 0.486 e. The number of carbonyl (C=O) groups is 2. The maximum absolute atomic E-state index is 12.2. The Bertz CT molecular complexity index is 913. The fraction of sp³-hybridized carbons (Fsp3) is 0.263. The molecule has 1 N–H and O–H groups in total. The molecule has 28 heavy (non-hydrogen) atoms. The number of para-hydroxylation sites is 2. The van der Waals surface area contributed by atoms with E-state index in [9.17, 15) is 19.7 Å². The Kier molecular flexibility index (Phi) is 5.73. The van der Waals surface area contributed by atoms with Crippen molar-refractivity contribution in [3.05, 3.63) is 58.1 Å². The van der Waals surface area contributed by atoms with Crippen LogP contribution in [-0.4, -0.2) is 36.1 Å². The summed E-state index contributed by atoms with van der Waals surface area (Å²) in [6, 6.07) is 10.8. The highest BCUT2D eigenvalue weighted by molar-refractivity contribution is 5.96. The molecule has 0 radical (unpaired) electrons. The minimum Gasteiger partial charge on any atom is -0.486 e. The number of nitrogens with one attached hydrogen (secondary N) is 1. The van der Waals surface area contributed by atoms with Crippen molar-refractivity contribution < 1.29 is 28.7 Å². The normalized spacial score (nSPS) is 13.3. The third-order valence-corrected chi connectivity index (χ3v) is 3.99. The van der Waals surface area contributed by atoms with Crippen LogP contribution < -0.4 is 14.8 Å². The summed E-state index contributed by atoms with van der Waals surface area (Å²) in [4.78, 5) is 34.8. The van der Waals surface area contributed by atoms with E-state index in [1.54, 1.807) is 24.3 Å². The van der Waals surface area contributed by atoms with E-state index >= 15 is 0 Å². The van der Waals surface area contributed by atoms with Gasteiger partial charge in [0.25, 0.3) is 11.6 Å². The summed E-state index contributed by atoms with van der Waals surface area (Å²) in [5.74, 6) is -0.106. The van der Waals surface area contributed by atoms with Crippen LogP contribution in [0.3, 0.4) is 0 Å². The van der Waals surface area contributed by atoms with Crippen molar-refractivity contribution >= 4 is 23.3 Å². The summed E-state index contributed by atoms with van der Waals surface area (Å²) in [5.41, 5.74) is 0.443. The van der Waals surface area contributed by atoms with Crippen molar-refractivity contribution in [3.63, 3.8) is 0 Å². The van der Waals surface area contributed by atoms with Gasteiger partial charge >= 0.3 is 5.97 Å². The number of benzene rings is 2. The first-order valence-electron chi connectivity index (χ1n) is 8.56. The Balaban J connectivity index is 1.58. The molecule has 0 saturated heterocycles. The molecule has 1 heterocycles. The highest BCUT2D eigenvalue weighted by atomic mass is 16.6. The summed E-state index contributed by atoms with van der Waals surface area (Å²) in [7, 11) is 0. The number of nitro groups is 1. The van der Waals surface area contributed by atoms with Gasteiger partial charge in [0.1, 0.15) is 18.9 Å². The average molecular weight is 386 g/mol. The van der Waals surface area contributed by atoms with Crippen molar-refractivity contribution in [2.75, 3.05) is 18.5 Å². The maximum atomic E-state index is 12.2. The maximum Gasteiger partial charge on any atom is 0.311 e. The number of fused-ring (bicyclic) bond motifs is 1. The van der Waals surface area contributed by atoms with Crippen LogP contribution in [0.25, 0.3) is 0 Å². The van der Waals surface area contributed by atoms with Crippen molar-refractivity contribution in [2.24, 2.45) is 0 Å². The molecule has 2 aromatic carbocycles. The molecule has 1 atom stereocenters. The zero-order valence-corrected chi connectivity index (χ0v) is 15.0. The monoisotopic (exact) mass is 386 g/mol. The standard InChI is InChI=1S/C19H18N2O7/c1-12(19(23)20-14-4-2-3-5-15(14)21(24)25)28-18(22)11-13-6-7-16-17(10-13)27-9-8-26-16/h2-7,10,12H,8-9,11H2,1H3,(H,20,23)/t12-/m1/s1. The number of anilines is 1. The number of nitro benzene ring substituents is 1. The summed E-state index contributed by atoms with van der Waals surface area (Å²) < 4.78 is 16.0. The smallest absolute Gasteiger partial charge is 0.311 e. The number of rotatable bonds is 6. The average Bonchev–Trinajstić information content (AvgIpc) is 2.68. The van der Waals surface area contributed by atoms with Gasteiger partial charge in [0.15, 0.2) is 17.6 Å². The molecule has 0 unspecified atom stereocenters. The molecule has 9 heteroatoms. The third-order valence-electron chi connectivity index (χ3n) is 3.99. The van der Waals surface area contributed by atoms with Crippen molar-refractivity contribution in [1.29, 1.82) is 0 Å². The van der Waals surface area contributed by atoms with Gasteiger partial charge in [0.2, 0.25) is 0 Å². The van der Waals surface area contributed by atoms with Crippen LogP contribution in [-0.2, 0) is 20.7 Å². The van der Waals surface area contributed by atoms with Gasteiger partial charge in [-0.15, -0.1) is 0 Å². The van der Waals surface area contributed by atoms with E-state index in [1.165, 1.54) is 25.1 Å². The first-order chi connectivity index (χ1) is 13.4. The van der Waals surface area contributed by atoms with Crippen LogP contribution in [0.1, 0.15) is 12.5 Å².